The number of ketones is 2. The Labute approximate surface area is 133 Å². The molecule has 0 amide bonds. The number of aromatic nitrogens is 2. The van der Waals surface area contributed by atoms with Crippen LogP contribution in [0.1, 0.15) is 29.8 Å². The number of fused-ring (bicyclic) bond motifs is 1. The Balaban J connectivity index is 2.08. The number of hydrogen-bond acceptors (Lipinski definition) is 3. The number of Topliss-reactive ketones (excluding diaryl/α,β-unsaturated/α-hetero) is 1. The van der Waals surface area contributed by atoms with Crippen LogP contribution in [0.25, 0.3) is 28.2 Å². The largest absolute Gasteiger partial charge is 0.345 e. The smallest absolute Gasteiger partial charge is 0.162 e. The molecule has 0 fully saturated rings. The van der Waals surface area contributed by atoms with E-state index in [0.29, 0.717) is 11.2 Å². The lowest BCUT2D eigenvalue weighted by Gasteiger charge is -2.05. The van der Waals surface area contributed by atoms with E-state index in [9.17, 15) is 9.59 Å². The van der Waals surface area contributed by atoms with Crippen molar-refractivity contribution in [3.8, 4) is 11.1 Å². The van der Waals surface area contributed by atoms with Crippen LogP contribution >= 0.6 is 0 Å². The molecule has 0 saturated heterocycles. The number of allylic oxidation sites excluding steroid dienone is 1. The van der Waals surface area contributed by atoms with Gasteiger partial charge in [-0.25, -0.2) is 4.98 Å². The van der Waals surface area contributed by atoms with Gasteiger partial charge in [-0.05, 0) is 42.7 Å². The average molecular weight is 304 g/mol. The minimum atomic E-state index is 0.00603. The van der Waals surface area contributed by atoms with Gasteiger partial charge in [0.05, 0.1) is 0 Å². The Morgan fingerprint density at radius 1 is 1.09 bits per heavy atom. The van der Waals surface area contributed by atoms with Crippen LogP contribution in [0.4, 0.5) is 0 Å². The van der Waals surface area contributed by atoms with Gasteiger partial charge >= 0.3 is 0 Å². The van der Waals surface area contributed by atoms with Crippen LogP contribution in [0, 0.1) is 0 Å². The number of aromatic amines is 1. The molecule has 1 N–H and O–H groups in total. The van der Waals surface area contributed by atoms with Crippen LogP contribution in [-0.4, -0.2) is 21.5 Å². The van der Waals surface area contributed by atoms with Crippen molar-refractivity contribution in [2.75, 3.05) is 0 Å². The maximum Gasteiger partial charge on any atom is 0.162 e. The summed E-state index contributed by atoms with van der Waals surface area (Å²) in [5, 5.41) is 0.840. The molecule has 0 aliphatic carbocycles. The van der Waals surface area contributed by atoms with E-state index >= 15 is 0 Å². The zero-order valence-electron chi connectivity index (χ0n) is 13.0. The summed E-state index contributed by atoms with van der Waals surface area (Å²) < 4.78 is 0. The Morgan fingerprint density at radius 2 is 1.83 bits per heavy atom. The number of pyridine rings is 1. The highest BCUT2D eigenvalue weighted by Crippen LogP contribution is 2.30. The maximum absolute atomic E-state index is 11.8. The standard InChI is InChI=1S/C19H16N2O2/c1-12(22)3-4-14-5-7-15(8-6-14)16-9-10-20-19-18(16)17(11-21-19)13(2)23/h3-11H,1-2H3,(H,20,21)/b4-3+. The first-order chi connectivity index (χ1) is 11.1. The topological polar surface area (TPSA) is 62.8 Å². The van der Waals surface area contributed by atoms with Gasteiger partial charge in [0, 0.05) is 23.3 Å². The van der Waals surface area contributed by atoms with Crippen LogP contribution in [0.5, 0.6) is 0 Å². The van der Waals surface area contributed by atoms with E-state index in [1.165, 1.54) is 6.92 Å². The van der Waals surface area contributed by atoms with Gasteiger partial charge in [0.2, 0.25) is 0 Å². The summed E-state index contributed by atoms with van der Waals surface area (Å²) in [6, 6.07) is 9.75. The molecule has 114 valence electrons. The lowest BCUT2D eigenvalue weighted by Crippen LogP contribution is -1.91. The average Bonchev–Trinajstić information content (AvgIpc) is 2.97. The Kier molecular flexibility index (Phi) is 3.89. The molecule has 0 spiro atoms. The van der Waals surface area contributed by atoms with E-state index in [-0.39, 0.29) is 11.6 Å². The van der Waals surface area contributed by atoms with Crippen LogP contribution in [0.2, 0.25) is 0 Å². The summed E-state index contributed by atoms with van der Waals surface area (Å²) in [6.07, 6.45) is 6.75. The SMILES string of the molecule is CC(=O)/C=C/c1ccc(-c2ccnc3[nH]cc(C(C)=O)c23)cc1. The molecule has 3 aromatic rings. The van der Waals surface area contributed by atoms with Crippen LogP contribution in [0.15, 0.2) is 48.8 Å². The van der Waals surface area contributed by atoms with Crippen molar-refractivity contribution in [3.05, 3.63) is 59.9 Å². The van der Waals surface area contributed by atoms with Gasteiger partial charge in [0.15, 0.2) is 11.6 Å². The zero-order chi connectivity index (χ0) is 16.4. The molecule has 2 heterocycles. The van der Waals surface area contributed by atoms with Crippen LogP contribution < -0.4 is 0 Å². The first-order valence-electron chi connectivity index (χ1n) is 7.32. The second-order valence-corrected chi connectivity index (χ2v) is 5.41. The van der Waals surface area contributed by atoms with Gasteiger partial charge in [0.25, 0.3) is 0 Å². The van der Waals surface area contributed by atoms with Gasteiger partial charge in [0.1, 0.15) is 5.65 Å². The van der Waals surface area contributed by atoms with Gasteiger partial charge in [-0.1, -0.05) is 30.3 Å². The van der Waals surface area contributed by atoms with Crippen molar-refractivity contribution in [3.63, 3.8) is 0 Å². The lowest BCUT2D eigenvalue weighted by atomic mass is 9.99. The van der Waals surface area contributed by atoms with E-state index < -0.39 is 0 Å². The number of hydrogen-bond donors (Lipinski definition) is 1. The molecule has 0 radical (unpaired) electrons. The fraction of sp³-hybridized carbons (Fsp3) is 0.105. The molecular weight excluding hydrogens is 288 g/mol. The molecule has 0 saturated carbocycles. The molecule has 4 nitrogen and oxygen atoms in total. The molecule has 0 aliphatic rings. The molecule has 0 unspecified atom stereocenters. The fourth-order valence-electron chi connectivity index (χ4n) is 2.56. The van der Waals surface area contributed by atoms with Crippen LogP contribution in [-0.2, 0) is 4.79 Å². The second-order valence-electron chi connectivity index (χ2n) is 5.41. The zero-order valence-corrected chi connectivity index (χ0v) is 13.0. The van der Waals surface area contributed by atoms with Crippen LogP contribution in [0.3, 0.4) is 0 Å². The third-order valence-corrected chi connectivity index (χ3v) is 3.69. The minimum absolute atomic E-state index is 0.00603. The minimum Gasteiger partial charge on any atom is -0.345 e. The first kappa shape index (κ1) is 14.9. The molecule has 3 rings (SSSR count). The Bertz CT molecular complexity index is 918. The summed E-state index contributed by atoms with van der Waals surface area (Å²) in [5.74, 6) is 0.0230. The first-order valence-corrected chi connectivity index (χ1v) is 7.32. The van der Waals surface area contributed by atoms with Crippen molar-refractivity contribution in [1.29, 1.82) is 0 Å². The number of carbonyl (C=O) groups excluding carboxylic acids is 2. The van der Waals surface area contributed by atoms with Gasteiger partial charge in [-0.2, -0.15) is 0 Å². The highest BCUT2D eigenvalue weighted by atomic mass is 16.1. The van der Waals surface area contributed by atoms with E-state index in [2.05, 4.69) is 9.97 Å². The van der Waals surface area contributed by atoms with Crippen molar-refractivity contribution in [2.45, 2.75) is 13.8 Å². The highest BCUT2D eigenvalue weighted by Gasteiger charge is 2.13. The third-order valence-electron chi connectivity index (χ3n) is 3.69. The lowest BCUT2D eigenvalue weighted by molar-refractivity contribution is -0.112. The van der Waals surface area contributed by atoms with E-state index in [0.717, 1.165) is 22.1 Å². The van der Waals surface area contributed by atoms with Crippen molar-refractivity contribution in [1.82, 2.24) is 9.97 Å². The fourth-order valence-corrected chi connectivity index (χ4v) is 2.56. The van der Waals surface area contributed by atoms with E-state index in [1.54, 1.807) is 31.5 Å². The number of nitrogens with zero attached hydrogens (tertiary/aromatic N) is 1. The predicted octanol–water partition coefficient (Wildman–Crippen LogP) is 4.03. The molecule has 0 atom stereocenters. The van der Waals surface area contributed by atoms with Crippen molar-refractivity contribution < 1.29 is 9.59 Å². The summed E-state index contributed by atoms with van der Waals surface area (Å²) in [7, 11) is 0. The number of carbonyl (C=O) groups is 2. The molecular formula is C19H16N2O2. The Morgan fingerprint density at radius 3 is 2.48 bits per heavy atom. The third kappa shape index (κ3) is 2.97. The van der Waals surface area contributed by atoms with Gasteiger partial charge in [-0.15, -0.1) is 0 Å². The summed E-state index contributed by atoms with van der Waals surface area (Å²) >= 11 is 0. The quantitative estimate of drug-likeness (QED) is 0.584. The maximum atomic E-state index is 11.8. The van der Waals surface area contributed by atoms with Crippen molar-refractivity contribution in [2.24, 2.45) is 0 Å². The van der Waals surface area contributed by atoms with E-state index in [1.807, 2.05) is 30.3 Å². The van der Waals surface area contributed by atoms with Crippen molar-refractivity contribution >= 4 is 28.7 Å². The number of nitrogens with one attached hydrogen (secondary N) is 1. The molecule has 2 aromatic heterocycles. The number of H-pyrrole nitrogens is 1. The second kappa shape index (κ2) is 6.01. The number of rotatable bonds is 4. The highest BCUT2D eigenvalue weighted by molar-refractivity contribution is 6.11. The van der Waals surface area contributed by atoms with Gasteiger partial charge < -0.3 is 4.98 Å². The number of benzene rings is 1. The summed E-state index contributed by atoms with van der Waals surface area (Å²) in [4.78, 5) is 30.1. The molecule has 1 aromatic carbocycles. The summed E-state index contributed by atoms with van der Waals surface area (Å²) in [5.41, 5.74) is 4.26. The van der Waals surface area contributed by atoms with Gasteiger partial charge in [-0.3, -0.25) is 9.59 Å². The molecule has 0 aliphatic heterocycles. The van der Waals surface area contributed by atoms with E-state index in [4.69, 9.17) is 0 Å². The Hall–Kier alpha value is -3.01. The molecule has 4 heteroatoms. The monoisotopic (exact) mass is 304 g/mol. The normalized spacial score (nSPS) is 11.2. The molecule has 23 heavy (non-hydrogen) atoms. The summed E-state index contributed by atoms with van der Waals surface area (Å²) in [6.45, 7) is 3.07. The predicted molar refractivity (Wildman–Crippen MR) is 91.2 cm³/mol. The molecule has 0 bridgehead atoms.